The lowest BCUT2D eigenvalue weighted by atomic mass is 9.92. The second-order valence-electron chi connectivity index (χ2n) is 12.2. The summed E-state index contributed by atoms with van der Waals surface area (Å²) in [6.45, 7) is 28.8. The number of hydrogen-bond donors (Lipinski definition) is 2. The molecule has 0 atom stereocenters. The molecule has 7 nitrogen and oxygen atoms in total. The van der Waals surface area contributed by atoms with Crippen LogP contribution in [0.2, 0.25) is 0 Å². The molecule has 1 aromatic heterocycles. The summed E-state index contributed by atoms with van der Waals surface area (Å²) in [5.41, 5.74) is 4.81. The van der Waals surface area contributed by atoms with Crippen LogP contribution in [0.1, 0.15) is 125 Å². The Bertz CT molecular complexity index is 1520. The standard InChI is InChI=1S/C40H57N3O4.C2H6/c1-11-16-23-43(15-5)39-26-38(46)28(7)40(47-39)35(13-3)27(6)21-22-36(30(9)44)42-31(10)41-29(8)33(12-2)25-34(37(45)14-4)24-32-19-17-18-20-32;1-2/h12-13,21-22,25-26,32,42,44H,9-11,14-20,23-24H2,1-8H3;1-2H3/b27-21+,33-12-,34-25+,35-13-,36-22+,41-29-;. The molecule has 0 aliphatic heterocycles. The summed E-state index contributed by atoms with van der Waals surface area (Å²) in [7, 11) is 0. The van der Waals surface area contributed by atoms with Gasteiger partial charge in [0.1, 0.15) is 17.3 Å². The van der Waals surface area contributed by atoms with Crippen LogP contribution in [0.15, 0.2) is 97.8 Å². The minimum absolute atomic E-state index is 0.0745. The zero-order valence-electron chi connectivity index (χ0n) is 32.1. The topological polar surface area (TPSA) is 95.1 Å². The van der Waals surface area contributed by atoms with Crippen LogP contribution in [0, 0.1) is 12.8 Å². The molecular weight excluding hydrogens is 610 g/mol. The highest BCUT2D eigenvalue weighted by Crippen LogP contribution is 2.31. The first-order valence-electron chi connectivity index (χ1n) is 18.2. The quantitative estimate of drug-likeness (QED) is 0.0697. The van der Waals surface area contributed by atoms with Crippen molar-refractivity contribution in [2.45, 2.75) is 121 Å². The molecule has 0 unspecified atom stereocenters. The first-order chi connectivity index (χ1) is 23.4. The zero-order valence-corrected chi connectivity index (χ0v) is 32.1. The monoisotopic (exact) mass is 673 g/mol. The van der Waals surface area contributed by atoms with Gasteiger partial charge in [0.25, 0.3) is 0 Å². The molecule has 1 aromatic rings. The van der Waals surface area contributed by atoms with Crippen molar-refractivity contribution in [2.24, 2.45) is 10.9 Å². The molecule has 0 saturated heterocycles. The van der Waals surface area contributed by atoms with Gasteiger partial charge in [-0.15, -0.1) is 0 Å². The highest BCUT2D eigenvalue weighted by atomic mass is 16.4. The average molecular weight is 674 g/mol. The maximum atomic E-state index is 13.0. The fourth-order valence-electron chi connectivity index (χ4n) is 5.82. The summed E-state index contributed by atoms with van der Waals surface area (Å²) in [6.07, 6.45) is 17.5. The Hall–Kier alpha value is -4.13. The van der Waals surface area contributed by atoms with E-state index in [-0.39, 0.29) is 17.0 Å². The Morgan fingerprint density at radius 3 is 2.29 bits per heavy atom. The fraction of sp³-hybridized carbons (Fsp3) is 0.500. The third kappa shape index (κ3) is 13.4. The maximum Gasteiger partial charge on any atom is 0.199 e. The molecule has 7 heteroatoms. The predicted octanol–water partition coefficient (Wildman–Crippen LogP) is 10.9. The third-order valence-electron chi connectivity index (χ3n) is 8.72. The summed E-state index contributed by atoms with van der Waals surface area (Å²) in [5.74, 6) is 1.95. The summed E-state index contributed by atoms with van der Waals surface area (Å²) in [4.78, 5) is 32.5. The molecule has 0 bridgehead atoms. The van der Waals surface area contributed by atoms with Crippen LogP contribution in [0.3, 0.4) is 0 Å². The van der Waals surface area contributed by atoms with Crippen molar-refractivity contribution in [1.29, 1.82) is 0 Å². The molecule has 0 spiro atoms. The normalized spacial score (nSPS) is 15.1. The molecule has 270 valence electrons. The van der Waals surface area contributed by atoms with Crippen LogP contribution in [0.25, 0.3) is 5.57 Å². The molecule has 0 radical (unpaired) electrons. The van der Waals surface area contributed by atoms with Gasteiger partial charge in [0.05, 0.1) is 5.70 Å². The number of nitrogens with zero attached hydrogens (tertiary/aromatic N) is 2. The second-order valence-corrected chi connectivity index (χ2v) is 12.2. The largest absolute Gasteiger partial charge is 0.506 e. The molecule has 1 aliphatic rings. The molecule has 2 rings (SSSR count). The molecule has 1 aliphatic carbocycles. The first-order valence-corrected chi connectivity index (χ1v) is 18.2. The Balaban J connectivity index is 0.00000589. The van der Waals surface area contributed by atoms with Crippen LogP contribution in [0.4, 0.5) is 5.88 Å². The minimum Gasteiger partial charge on any atom is -0.506 e. The Labute approximate surface area is 296 Å². The van der Waals surface area contributed by atoms with Gasteiger partial charge >= 0.3 is 0 Å². The molecule has 2 N–H and O–H groups in total. The van der Waals surface area contributed by atoms with E-state index in [2.05, 4.69) is 42.2 Å². The Morgan fingerprint density at radius 1 is 1.10 bits per heavy atom. The van der Waals surface area contributed by atoms with E-state index >= 15 is 0 Å². The molecule has 0 amide bonds. The number of hydrogen-bond acceptors (Lipinski definition) is 7. The minimum atomic E-state index is -0.178. The summed E-state index contributed by atoms with van der Waals surface area (Å²) < 4.78 is 6.35. The molecule has 0 aromatic carbocycles. The number of Topliss-reactive ketones (excluding diaryl/α,β-unsaturated/α-hetero) is 1. The summed E-state index contributed by atoms with van der Waals surface area (Å²) >= 11 is 0. The SMILES string of the molecule is C=C(\N=C(C)/C(=C\C)/C=C(\CC1CCCC1)C(=O)CC)N/C(=C/C=C(C)/C(=C/C)c1oc(N(CC)CCCC)cc(=O)c1C)C(=C)O.CC. The lowest BCUT2D eigenvalue weighted by molar-refractivity contribution is -0.115. The van der Waals surface area contributed by atoms with Crippen LogP contribution in [-0.4, -0.2) is 29.7 Å². The van der Waals surface area contributed by atoms with Gasteiger partial charge in [-0.1, -0.05) is 91.2 Å². The van der Waals surface area contributed by atoms with E-state index in [0.29, 0.717) is 46.8 Å². The number of nitrogens with one attached hydrogen (secondary N) is 1. The molecule has 1 heterocycles. The Kier molecular flexibility index (Phi) is 19.7. The van der Waals surface area contributed by atoms with Gasteiger partial charge in [-0.3, -0.25) is 9.59 Å². The van der Waals surface area contributed by atoms with E-state index in [9.17, 15) is 14.7 Å². The van der Waals surface area contributed by atoms with E-state index in [1.54, 1.807) is 19.1 Å². The molecular formula is C42H63N3O4. The van der Waals surface area contributed by atoms with Gasteiger partial charge in [-0.2, -0.15) is 0 Å². The number of carbonyl (C=O) groups is 1. The van der Waals surface area contributed by atoms with Crippen molar-refractivity contribution in [1.82, 2.24) is 5.32 Å². The number of ketones is 1. The van der Waals surface area contributed by atoms with E-state index in [1.807, 2.05) is 72.8 Å². The molecule has 1 saturated carbocycles. The first kappa shape index (κ1) is 42.9. The van der Waals surface area contributed by atoms with Crippen LogP contribution < -0.4 is 15.6 Å². The fourth-order valence-corrected chi connectivity index (χ4v) is 5.82. The number of anilines is 1. The third-order valence-corrected chi connectivity index (χ3v) is 8.72. The van der Waals surface area contributed by atoms with Crippen molar-refractivity contribution < 1.29 is 14.3 Å². The van der Waals surface area contributed by atoms with Crippen molar-refractivity contribution >= 4 is 23.0 Å². The summed E-state index contributed by atoms with van der Waals surface area (Å²) in [5, 5.41) is 13.5. The molecule has 1 fully saturated rings. The van der Waals surface area contributed by atoms with Gasteiger partial charge < -0.3 is 19.7 Å². The van der Waals surface area contributed by atoms with Crippen LogP contribution >= 0.6 is 0 Å². The van der Waals surface area contributed by atoms with Crippen molar-refractivity contribution in [2.75, 3.05) is 18.0 Å². The highest BCUT2D eigenvalue weighted by molar-refractivity contribution is 6.04. The Morgan fingerprint density at radius 2 is 1.76 bits per heavy atom. The van der Waals surface area contributed by atoms with Crippen molar-refractivity contribution in [3.8, 4) is 0 Å². The highest BCUT2D eigenvalue weighted by Gasteiger charge is 2.20. The average Bonchev–Trinajstić information content (AvgIpc) is 3.61. The second kappa shape index (κ2) is 22.5. The van der Waals surface area contributed by atoms with E-state index in [1.165, 1.54) is 25.7 Å². The molecule has 49 heavy (non-hydrogen) atoms. The lowest BCUT2D eigenvalue weighted by Gasteiger charge is -2.22. The van der Waals surface area contributed by atoms with Gasteiger partial charge in [-0.25, -0.2) is 4.99 Å². The van der Waals surface area contributed by atoms with Crippen molar-refractivity contribution in [3.05, 3.63) is 105 Å². The van der Waals surface area contributed by atoms with Crippen LogP contribution in [-0.2, 0) is 4.79 Å². The maximum absolute atomic E-state index is 13.0. The van der Waals surface area contributed by atoms with E-state index in [0.717, 1.165) is 54.6 Å². The van der Waals surface area contributed by atoms with Gasteiger partial charge in [0, 0.05) is 42.4 Å². The number of rotatable bonds is 18. The van der Waals surface area contributed by atoms with Gasteiger partial charge in [-0.05, 0) is 89.2 Å². The van der Waals surface area contributed by atoms with Gasteiger partial charge in [0.15, 0.2) is 17.1 Å². The van der Waals surface area contributed by atoms with Crippen molar-refractivity contribution in [3.63, 3.8) is 0 Å². The smallest absolute Gasteiger partial charge is 0.199 e. The number of aliphatic hydroxyl groups excluding tert-OH is 1. The number of aliphatic hydroxyl groups is 1. The number of carbonyl (C=O) groups excluding carboxylic acids is 1. The predicted molar refractivity (Wildman–Crippen MR) is 210 cm³/mol. The van der Waals surface area contributed by atoms with Crippen LogP contribution in [0.5, 0.6) is 0 Å². The number of allylic oxidation sites excluding steroid dienone is 9. The zero-order chi connectivity index (χ0) is 37.1. The van der Waals surface area contributed by atoms with E-state index < -0.39 is 0 Å². The number of aliphatic imine (C=N–C) groups is 1. The van der Waals surface area contributed by atoms with Gasteiger partial charge in [0.2, 0.25) is 0 Å². The summed E-state index contributed by atoms with van der Waals surface area (Å²) in [6, 6.07) is 1.57. The van der Waals surface area contributed by atoms with E-state index in [4.69, 9.17) is 4.42 Å². The lowest BCUT2D eigenvalue weighted by Crippen LogP contribution is -2.25. The number of unbranched alkanes of at least 4 members (excludes halogenated alkanes) is 1.